The summed E-state index contributed by atoms with van der Waals surface area (Å²) in [5.41, 5.74) is 0. The molecule has 23 heavy (non-hydrogen) atoms. The fourth-order valence-corrected chi connectivity index (χ4v) is 3.05. The topological polar surface area (TPSA) is 72.9 Å². The van der Waals surface area contributed by atoms with Crippen molar-refractivity contribution in [1.29, 1.82) is 0 Å². The Balaban J connectivity index is 2.52. The van der Waals surface area contributed by atoms with Crippen molar-refractivity contribution in [1.82, 2.24) is 15.1 Å². The maximum absolute atomic E-state index is 12.4. The molecular formula is C17H33N3O3. The molecule has 2 amide bonds. The van der Waals surface area contributed by atoms with E-state index in [4.69, 9.17) is 0 Å². The molecule has 0 aromatic rings. The van der Waals surface area contributed by atoms with Crippen LogP contribution in [0.1, 0.15) is 52.4 Å². The number of nitrogens with zero attached hydrogens (tertiary/aromatic N) is 2. The van der Waals surface area contributed by atoms with Crippen molar-refractivity contribution in [3.05, 3.63) is 0 Å². The Morgan fingerprint density at radius 1 is 1.22 bits per heavy atom. The molecule has 0 aromatic carbocycles. The number of amides is 2. The van der Waals surface area contributed by atoms with Gasteiger partial charge in [0.05, 0.1) is 19.2 Å². The zero-order valence-electron chi connectivity index (χ0n) is 14.9. The van der Waals surface area contributed by atoms with E-state index in [1.165, 1.54) is 24.2 Å². The SMILES string of the molecule is CCCNC(=O)CN(C)C(=O)CN(CC(C)O)C1CCCCC1. The maximum atomic E-state index is 12.4. The first-order valence-corrected chi connectivity index (χ1v) is 8.86. The van der Waals surface area contributed by atoms with E-state index in [1.807, 2.05) is 6.92 Å². The highest BCUT2D eigenvalue weighted by atomic mass is 16.3. The monoisotopic (exact) mass is 327 g/mol. The fourth-order valence-electron chi connectivity index (χ4n) is 3.05. The highest BCUT2D eigenvalue weighted by Crippen LogP contribution is 2.22. The average Bonchev–Trinajstić information content (AvgIpc) is 2.52. The third-order valence-electron chi connectivity index (χ3n) is 4.31. The van der Waals surface area contributed by atoms with Crippen molar-refractivity contribution in [3.8, 4) is 0 Å². The summed E-state index contributed by atoms with van der Waals surface area (Å²) in [7, 11) is 1.66. The molecule has 2 N–H and O–H groups in total. The van der Waals surface area contributed by atoms with Gasteiger partial charge in [0.25, 0.3) is 0 Å². The van der Waals surface area contributed by atoms with Gasteiger partial charge in [-0.2, -0.15) is 0 Å². The molecule has 0 bridgehead atoms. The number of likely N-dealkylation sites (N-methyl/N-ethyl adjacent to an activating group) is 1. The van der Waals surface area contributed by atoms with Crippen LogP contribution in [0.15, 0.2) is 0 Å². The van der Waals surface area contributed by atoms with Gasteiger partial charge in [0, 0.05) is 26.2 Å². The minimum absolute atomic E-state index is 0.0668. The van der Waals surface area contributed by atoms with Gasteiger partial charge in [-0.1, -0.05) is 26.2 Å². The molecule has 1 aliphatic rings. The minimum Gasteiger partial charge on any atom is -0.392 e. The largest absolute Gasteiger partial charge is 0.392 e. The quantitative estimate of drug-likeness (QED) is 0.662. The first kappa shape index (κ1) is 19.9. The summed E-state index contributed by atoms with van der Waals surface area (Å²) in [6, 6.07) is 0.365. The minimum atomic E-state index is -0.456. The lowest BCUT2D eigenvalue weighted by molar-refractivity contribution is -0.136. The molecule has 1 atom stereocenters. The van der Waals surface area contributed by atoms with Gasteiger partial charge < -0.3 is 15.3 Å². The van der Waals surface area contributed by atoms with Crippen LogP contribution < -0.4 is 5.32 Å². The zero-order valence-corrected chi connectivity index (χ0v) is 14.9. The van der Waals surface area contributed by atoms with Crippen molar-refractivity contribution < 1.29 is 14.7 Å². The van der Waals surface area contributed by atoms with E-state index in [1.54, 1.807) is 14.0 Å². The van der Waals surface area contributed by atoms with Gasteiger partial charge in [0.15, 0.2) is 0 Å². The van der Waals surface area contributed by atoms with Gasteiger partial charge in [-0.3, -0.25) is 14.5 Å². The van der Waals surface area contributed by atoms with Gasteiger partial charge >= 0.3 is 0 Å². The van der Waals surface area contributed by atoms with Crippen LogP contribution in [0.4, 0.5) is 0 Å². The maximum Gasteiger partial charge on any atom is 0.239 e. The average molecular weight is 327 g/mol. The molecule has 1 fully saturated rings. The van der Waals surface area contributed by atoms with Gasteiger partial charge in [0.1, 0.15) is 0 Å². The lowest BCUT2D eigenvalue weighted by atomic mass is 9.94. The summed E-state index contributed by atoms with van der Waals surface area (Å²) in [6.07, 6.45) is 6.22. The van der Waals surface area contributed by atoms with Crippen LogP contribution in [-0.4, -0.2) is 72.1 Å². The Bertz CT molecular complexity index is 368. The molecule has 134 valence electrons. The fraction of sp³-hybridized carbons (Fsp3) is 0.882. The van der Waals surface area contributed by atoms with Crippen molar-refractivity contribution in [3.63, 3.8) is 0 Å². The van der Waals surface area contributed by atoms with Crippen LogP contribution in [0.2, 0.25) is 0 Å². The number of aliphatic hydroxyl groups excluding tert-OH is 1. The standard InChI is InChI=1S/C17H33N3O3/c1-4-10-18-16(22)12-19(3)17(23)13-20(11-14(2)21)15-8-6-5-7-9-15/h14-15,21H,4-13H2,1-3H3,(H,18,22). The van der Waals surface area contributed by atoms with Crippen molar-refractivity contribution >= 4 is 11.8 Å². The Labute approximate surface area is 140 Å². The van der Waals surface area contributed by atoms with E-state index in [-0.39, 0.29) is 24.9 Å². The predicted molar refractivity (Wildman–Crippen MR) is 91.1 cm³/mol. The molecular weight excluding hydrogens is 294 g/mol. The Kier molecular flexibility index (Phi) is 9.17. The molecule has 0 radical (unpaired) electrons. The molecule has 1 unspecified atom stereocenters. The first-order valence-electron chi connectivity index (χ1n) is 8.86. The molecule has 6 nitrogen and oxygen atoms in total. The van der Waals surface area contributed by atoms with Crippen molar-refractivity contribution in [2.75, 3.05) is 33.2 Å². The van der Waals surface area contributed by atoms with Gasteiger partial charge in [-0.05, 0) is 26.2 Å². The summed E-state index contributed by atoms with van der Waals surface area (Å²) < 4.78 is 0. The van der Waals surface area contributed by atoms with Crippen LogP contribution >= 0.6 is 0 Å². The number of nitrogens with one attached hydrogen (secondary N) is 1. The third-order valence-corrected chi connectivity index (χ3v) is 4.31. The first-order chi connectivity index (χ1) is 10.9. The van der Waals surface area contributed by atoms with E-state index >= 15 is 0 Å². The molecule has 0 aromatic heterocycles. The van der Waals surface area contributed by atoms with Gasteiger partial charge in [0.2, 0.25) is 11.8 Å². The van der Waals surface area contributed by atoms with Crippen LogP contribution in [0.3, 0.4) is 0 Å². The third kappa shape index (κ3) is 7.79. The van der Waals surface area contributed by atoms with Gasteiger partial charge in [-0.15, -0.1) is 0 Å². The smallest absolute Gasteiger partial charge is 0.239 e. The molecule has 0 spiro atoms. The number of aliphatic hydroxyl groups is 1. The van der Waals surface area contributed by atoms with Crippen LogP contribution in [0.25, 0.3) is 0 Å². The number of hydrogen-bond donors (Lipinski definition) is 2. The molecule has 1 saturated carbocycles. The Hall–Kier alpha value is -1.14. The summed E-state index contributed by atoms with van der Waals surface area (Å²) in [6.45, 7) is 5.25. The summed E-state index contributed by atoms with van der Waals surface area (Å²) in [5.74, 6) is -0.190. The van der Waals surface area contributed by atoms with Crippen LogP contribution in [-0.2, 0) is 9.59 Å². The highest BCUT2D eigenvalue weighted by Gasteiger charge is 2.25. The number of carbonyl (C=O) groups is 2. The second-order valence-corrected chi connectivity index (χ2v) is 6.67. The lowest BCUT2D eigenvalue weighted by Crippen LogP contribution is -2.48. The Morgan fingerprint density at radius 2 is 1.87 bits per heavy atom. The van der Waals surface area contributed by atoms with Gasteiger partial charge in [-0.25, -0.2) is 0 Å². The van der Waals surface area contributed by atoms with E-state index in [9.17, 15) is 14.7 Å². The second-order valence-electron chi connectivity index (χ2n) is 6.67. The van der Waals surface area contributed by atoms with E-state index in [2.05, 4.69) is 10.2 Å². The molecule has 6 heteroatoms. The van der Waals surface area contributed by atoms with E-state index in [0.29, 0.717) is 19.1 Å². The number of rotatable bonds is 9. The Morgan fingerprint density at radius 3 is 2.43 bits per heavy atom. The van der Waals surface area contributed by atoms with Crippen LogP contribution in [0.5, 0.6) is 0 Å². The van der Waals surface area contributed by atoms with Crippen LogP contribution in [0, 0.1) is 0 Å². The lowest BCUT2D eigenvalue weighted by Gasteiger charge is -2.35. The molecule has 1 rings (SSSR count). The van der Waals surface area contributed by atoms with Crippen molar-refractivity contribution in [2.24, 2.45) is 0 Å². The zero-order chi connectivity index (χ0) is 17.2. The molecule has 0 saturated heterocycles. The van der Waals surface area contributed by atoms with E-state index < -0.39 is 6.10 Å². The summed E-state index contributed by atoms with van der Waals surface area (Å²) in [4.78, 5) is 27.7. The highest BCUT2D eigenvalue weighted by molar-refractivity contribution is 5.85. The van der Waals surface area contributed by atoms with Crippen molar-refractivity contribution in [2.45, 2.75) is 64.5 Å². The predicted octanol–water partition coefficient (Wildman–Crippen LogP) is 0.987. The second kappa shape index (κ2) is 10.6. The normalized spacial score (nSPS) is 17.1. The number of carbonyl (C=O) groups excluding carboxylic acids is 2. The molecule has 0 heterocycles. The summed E-state index contributed by atoms with van der Waals surface area (Å²) >= 11 is 0. The molecule has 0 aliphatic heterocycles. The van der Waals surface area contributed by atoms with E-state index in [0.717, 1.165) is 19.3 Å². The molecule has 1 aliphatic carbocycles. The summed E-state index contributed by atoms with van der Waals surface area (Å²) in [5, 5.41) is 12.5. The number of hydrogen-bond acceptors (Lipinski definition) is 4.